The van der Waals surface area contributed by atoms with E-state index in [4.69, 9.17) is 9.47 Å². The number of carbonyl (C=O) groups excluding carboxylic acids is 1. The highest BCUT2D eigenvalue weighted by molar-refractivity contribution is 5.91. The number of hydrogen-bond donors (Lipinski definition) is 0. The number of halogens is 3. The summed E-state index contributed by atoms with van der Waals surface area (Å²) in [6.45, 7) is 1.89. The third kappa shape index (κ3) is 4.65. The molecule has 4 nitrogen and oxygen atoms in total. The van der Waals surface area contributed by atoms with Crippen LogP contribution >= 0.6 is 0 Å². The normalized spacial score (nSPS) is 11.0. The highest BCUT2D eigenvalue weighted by Gasteiger charge is 2.31. The fourth-order valence-corrected chi connectivity index (χ4v) is 2.09. The molecule has 0 aliphatic rings. The van der Waals surface area contributed by atoms with E-state index in [0.29, 0.717) is 16.9 Å². The summed E-state index contributed by atoms with van der Waals surface area (Å²) in [6.07, 6.45) is -4.77. The average Bonchev–Trinajstić information content (AvgIpc) is 2.53. The molecule has 24 heavy (non-hydrogen) atoms. The minimum atomic E-state index is -4.77. The summed E-state index contributed by atoms with van der Waals surface area (Å²) in [5.41, 5.74) is 1.19. The second-order valence-corrected chi connectivity index (χ2v) is 4.75. The first-order chi connectivity index (χ1) is 11.3. The quantitative estimate of drug-likeness (QED) is 0.755. The highest BCUT2D eigenvalue weighted by atomic mass is 19.4. The average molecular weight is 340 g/mol. The molecule has 0 aromatic heterocycles. The van der Waals surface area contributed by atoms with Crippen molar-refractivity contribution in [1.82, 2.24) is 0 Å². The Kier molecular flexibility index (Phi) is 5.33. The standard InChI is InChI=1S/C17H15F3O4/c1-3-23-16(21)13-7-12(9-15(10-13)22-2)11-5-4-6-14(8-11)24-17(18,19)20/h4-10H,3H2,1-2H3. The predicted octanol–water partition coefficient (Wildman–Crippen LogP) is 4.44. The van der Waals surface area contributed by atoms with E-state index in [1.807, 2.05) is 0 Å². The van der Waals surface area contributed by atoms with Crippen molar-refractivity contribution in [1.29, 1.82) is 0 Å². The minimum absolute atomic E-state index is 0.209. The number of rotatable bonds is 5. The van der Waals surface area contributed by atoms with Gasteiger partial charge in [0.05, 0.1) is 19.3 Å². The Hall–Kier alpha value is -2.70. The molecule has 0 unspecified atom stereocenters. The van der Waals surface area contributed by atoms with Crippen LogP contribution in [0.1, 0.15) is 17.3 Å². The van der Waals surface area contributed by atoms with Crippen LogP contribution in [0.25, 0.3) is 11.1 Å². The van der Waals surface area contributed by atoms with Crippen LogP contribution in [-0.4, -0.2) is 26.0 Å². The molecule has 0 fully saturated rings. The Morgan fingerprint density at radius 1 is 1.04 bits per heavy atom. The molecule has 7 heteroatoms. The molecule has 0 aliphatic carbocycles. The number of ether oxygens (including phenoxy) is 3. The van der Waals surface area contributed by atoms with Gasteiger partial charge in [0.15, 0.2) is 0 Å². The summed E-state index contributed by atoms with van der Waals surface area (Å²) in [4.78, 5) is 11.9. The van der Waals surface area contributed by atoms with Crippen LogP contribution in [0.5, 0.6) is 11.5 Å². The fourth-order valence-electron chi connectivity index (χ4n) is 2.09. The van der Waals surface area contributed by atoms with Gasteiger partial charge < -0.3 is 14.2 Å². The van der Waals surface area contributed by atoms with Gasteiger partial charge in [-0.25, -0.2) is 4.79 Å². The van der Waals surface area contributed by atoms with Crippen molar-refractivity contribution in [2.45, 2.75) is 13.3 Å². The summed E-state index contributed by atoms with van der Waals surface area (Å²) in [6, 6.07) is 10.1. The van der Waals surface area contributed by atoms with Crippen molar-refractivity contribution in [3.63, 3.8) is 0 Å². The van der Waals surface area contributed by atoms with E-state index in [1.165, 1.54) is 37.4 Å². The molecule has 0 amide bonds. The van der Waals surface area contributed by atoms with Gasteiger partial charge in [0.25, 0.3) is 0 Å². The van der Waals surface area contributed by atoms with E-state index in [2.05, 4.69) is 4.74 Å². The highest BCUT2D eigenvalue weighted by Crippen LogP contribution is 2.31. The smallest absolute Gasteiger partial charge is 0.497 e. The molecule has 2 rings (SSSR count). The Balaban J connectivity index is 2.42. The molecule has 0 radical (unpaired) electrons. The lowest BCUT2D eigenvalue weighted by molar-refractivity contribution is -0.274. The van der Waals surface area contributed by atoms with E-state index in [1.54, 1.807) is 19.1 Å². The Labute approximate surface area is 136 Å². The molecule has 0 bridgehead atoms. The van der Waals surface area contributed by atoms with Gasteiger partial charge in [-0.05, 0) is 48.4 Å². The summed E-state index contributed by atoms with van der Waals surface area (Å²) >= 11 is 0. The zero-order valence-corrected chi connectivity index (χ0v) is 13.0. The number of carbonyl (C=O) groups is 1. The molecule has 128 valence electrons. The summed E-state index contributed by atoms with van der Waals surface area (Å²) < 4.78 is 51.0. The van der Waals surface area contributed by atoms with Crippen LogP contribution in [0.15, 0.2) is 42.5 Å². The van der Waals surface area contributed by atoms with Crippen LogP contribution in [-0.2, 0) is 4.74 Å². The first-order valence-corrected chi connectivity index (χ1v) is 7.05. The number of benzene rings is 2. The SMILES string of the molecule is CCOC(=O)c1cc(OC)cc(-c2cccc(OC(F)(F)F)c2)c1. The minimum Gasteiger partial charge on any atom is -0.497 e. The van der Waals surface area contributed by atoms with E-state index < -0.39 is 12.3 Å². The first kappa shape index (κ1) is 17.7. The van der Waals surface area contributed by atoms with Crippen molar-refractivity contribution in [3.8, 4) is 22.6 Å². The van der Waals surface area contributed by atoms with E-state index in [9.17, 15) is 18.0 Å². The third-order valence-corrected chi connectivity index (χ3v) is 3.05. The largest absolute Gasteiger partial charge is 0.573 e. The van der Waals surface area contributed by atoms with Gasteiger partial charge in [-0.1, -0.05) is 12.1 Å². The van der Waals surface area contributed by atoms with Gasteiger partial charge >= 0.3 is 12.3 Å². The second kappa shape index (κ2) is 7.25. The lowest BCUT2D eigenvalue weighted by Gasteiger charge is -2.12. The van der Waals surface area contributed by atoms with E-state index in [-0.39, 0.29) is 17.9 Å². The molecular weight excluding hydrogens is 325 g/mol. The van der Waals surface area contributed by atoms with Crippen molar-refractivity contribution in [2.24, 2.45) is 0 Å². The second-order valence-electron chi connectivity index (χ2n) is 4.75. The van der Waals surface area contributed by atoms with Gasteiger partial charge in [-0.15, -0.1) is 13.2 Å². The van der Waals surface area contributed by atoms with Gasteiger partial charge in [0.1, 0.15) is 11.5 Å². The first-order valence-electron chi connectivity index (χ1n) is 7.05. The Morgan fingerprint density at radius 2 is 1.75 bits per heavy atom. The number of methoxy groups -OCH3 is 1. The van der Waals surface area contributed by atoms with Crippen LogP contribution in [0, 0.1) is 0 Å². The lowest BCUT2D eigenvalue weighted by Crippen LogP contribution is -2.17. The van der Waals surface area contributed by atoms with Gasteiger partial charge in [-0.2, -0.15) is 0 Å². The van der Waals surface area contributed by atoms with Gasteiger partial charge in [-0.3, -0.25) is 0 Å². The molecule has 0 saturated carbocycles. The van der Waals surface area contributed by atoms with Crippen molar-refractivity contribution >= 4 is 5.97 Å². The third-order valence-electron chi connectivity index (χ3n) is 3.05. The van der Waals surface area contributed by atoms with Crippen molar-refractivity contribution in [3.05, 3.63) is 48.0 Å². The zero-order valence-electron chi connectivity index (χ0n) is 13.0. The molecule has 2 aromatic rings. The Bertz CT molecular complexity index is 726. The van der Waals surface area contributed by atoms with Crippen LogP contribution in [0.4, 0.5) is 13.2 Å². The number of hydrogen-bond acceptors (Lipinski definition) is 4. The molecule has 2 aromatic carbocycles. The number of alkyl halides is 3. The van der Waals surface area contributed by atoms with Gasteiger partial charge in [0, 0.05) is 0 Å². The van der Waals surface area contributed by atoms with Crippen molar-refractivity contribution in [2.75, 3.05) is 13.7 Å². The maximum Gasteiger partial charge on any atom is 0.573 e. The fraction of sp³-hybridized carbons (Fsp3) is 0.235. The molecule has 0 aliphatic heterocycles. The van der Waals surface area contributed by atoms with E-state index >= 15 is 0 Å². The molecule has 0 N–H and O–H groups in total. The molecule has 0 atom stereocenters. The maximum atomic E-state index is 12.3. The molecule has 0 saturated heterocycles. The number of esters is 1. The summed E-state index contributed by atoms with van der Waals surface area (Å²) in [5.74, 6) is -0.501. The zero-order chi connectivity index (χ0) is 17.7. The lowest BCUT2D eigenvalue weighted by atomic mass is 10.0. The summed E-state index contributed by atoms with van der Waals surface area (Å²) in [7, 11) is 1.43. The van der Waals surface area contributed by atoms with Crippen LogP contribution in [0.3, 0.4) is 0 Å². The van der Waals surface area contributed by atoms with Crippen molar-refractivity contribution < 1.29 is 32.2 Å². The van der Waals surface area contributed by atoms with Crippen LogP contribution < -0.4 is 9.47 Å². The molecule has 0 spiro atoms. The monoisotopic (exact) mass is 340 g/mol. The predicted molar refractivity (Wildman–Crippen MR) is 81.1 cm³/mol. The maximum absolute atomic E-state index is 12.3. The van der Waals surface area contributed by atoms with Gasteiger partial charge in [0.2, 0.25) is 0 Å². The molecule has 0 heterocycles. The Morgan fingerprint density at radius 3 is 2.38 bits per heavy atom. The summed E-state index contributed by atoms with van der Waals surface area (Å²) in [5, 5.41) is 0. The van der Waals surface area contributed by atoms with E-state index in [0.717, 1.165) is 0 Å². The topological polar surface area (TPSA) is 44.8 Å². The van der Waals surface area contributed by atoms with Crippen LogP contribution in [0.2, 0.25) is 0 Å². The molecular formula is C17H15F3O4.